The van der Waals surface area contributed by atoms with Gasteiger partial charge in [0.1, 0.15) is 6.17 Å². The van der Waals surface area contributed by atoms with Crippen molar-refractivity contribution in [2.24, 2.45) is 0 Å². The summed E-state index contributed by atoms with van der Waals surface area (Å²) in [5.41, 5.74) is 7.43. The number of nitrogens with zero attached hydrogens (tertiary/aromatic N) is 3. The zero-order chi connectivity index (χ0) is 20.7. The van der Waals surface area contributed by atoms with Crippen molar-refractivity contribution in [1.29, 1.82) is 0 Å². The van der Waals surface area contributed by atoms with Crippen LogP contribution in [0.4, 0.5) is 5.69 Å². The molecule has 0 saturated heterocycles. The van der Waals surface area contributed by atoms with Gasteiger partial charge in [0, 0.05) is 36.4 Å². The highest BCUT2D eigenvalue weighted by Crippen LogP contribution is 2.54. The van der Waals surface area contributed by atoms with Crippen molar-refractivity contribution in [3.8, 4) is 0 Å². The van der Waals surface area contributed by atoms with Gasteiger partial charge < -0.3 is 14.2 Å². The lowest BCUT2D eigenvalue weighted by Crippen LogP contribution is -2.37. The topological polar surface area (TPSA) is 32.5 Å². The third-order valence-electron chi connectivity index (χ3n) is 7.35. The number of hydrogen-bond donors (Lipinski definition) is 0. The Labute approximate surface area is 173 Å². The van der Waals surface area contributed by atoms with Gasteiger partial charge in [0.05, 0.1) is 5.69 Å². The van der Waals surface area contributed by atoms with E-state index in [9.17, 15) is 0 Å². The highest BCUT2D eigenvalue weighted by Gasteiger charge is 2.42. The van der Waals surface area contributed by atoms with Crippen LogP contribution >= 0.6 is 0 Å². The molecule has 2 aromatic heterocycles. The fraction of sp³-hybridized carbons (Fsp3) is 0.480. The van der Waals surface area contributed by atoms with E-state index in [1.807, 2.05) is 12.3 Å². The Balaban J connectivity index is 2.00. The summed E-state index contributed by atoms with van der Waals surface area (Å²) in [6.07, 6.45) is 8.77. The summed E-state index contributed by atoms with van der Waals surface area (Å²) in [6.45, 7) is 14.1. The van der Waals surface area contributed by atoms with Gasteiger partial charge in [-0.2, -0.15) is 0 Å². The summed E-state index contributed by atoms with van der Waals surface area (Å²) in [4.78, 5) is 9.17. The van der Waals surface area contributed by atoms with Crippen LogP contribution in [0.25, 0.3) is 22.1 Å². The van der Waals surface area contributed by atoms with Crippen LogP contribution in [0, 0.1) is 6.92 Å². The standard InChI is InChI=1S/C25H31N3O/c1-15-19-20(25(5,6)11-10-24(19,3)4)18-17-9-8-12-26-23(17)29-22(18)21(15)28-14-13-27(7)16(28)2/h8-9,12-14,16H,10-11H2,1-7H3/t16-/m0/s1. The van der Waals surface area contributed by atoms with Gasteiger partial charge in [-0.05, 0) is 66.3 Å². The van der Waals surface area contributed by atoms with E-state index >= 15 is 0 Å². The van der Waals surface area contributed by atoms with E-state index in [-0.39, 0.29) is 17.0 Å². The predicted molar refractivity (Wildman–Crippen MR) is 120 cm³/mol. The predicted octanol–water partition coefficient (Wildman–Crippen LogP) is 6.21. The molecule has 152 valence electrons. The minimum atomic E-state index is 0.0995. The number of benzene rings is 1. The Kier molecular flexibility index (Phi) is 3.69. The first kappa shape index (κ1) is 18.5. The van der Waals surface area contributed by atoms with Gasteiger partial charge in [-0.15, -0.1) is 0 Å². The van der Waals surface area contributed by atoms with Crippen LogP contribution in [-0.4, -0.2) is 23.1 Å². The second-order valence-electron chi connectivity index (χ2n) is 10.2. The molecule has 1 aliphatic heterocycles. The molecule has 0 bridgehead atoms. The molecule has 0 unspecified atom stereocenters. The van der Waals surface area contributed by atoms with Crippen molar-refractivity contribution >= 4 is 27.8 Å². The largest absolute Gasteiger partial charge is 0.435 e. The van der Waals surface area contributed by atoms with E-state index in [0.717, 1.165) is 16.7 Å². The summed E-state index contributed by atoms with van der Waals surface area (Å²) in [5.74, 6) is 0. The lowest BCUT2D eigenvalue weighted by atomic mass is 9.61. The minimum absolute atomic E-state index is 0.0995. The number of fused-ring (bicyclic) bond motifs is 5. The van der Waals surface area contributed by atoms with Gasteiger partial charge in [0.2, 0.25) is 5.71 Å². The maximum atomic E-state index is 6.48. The number of rotatable bonds is 1. The molecule has 4 heteroatoms. The Hall–Kier alpha value is -2.49. The molecule has 0 N–H and O–H groups in total. The maximum absolute atomic E-state index is 6.48. The number of pyridine rings is 1. The molecule has 3 aromatic rings. The van der Waals surface area contributed by atoms with Crippen molar-refractivity contribution in [3.05, 3.63) is 47.4 Å². The maximum Gasteiger partial charge on any atom is 0.227 e. The Morgan fingerprint density at radius 3 is 2.41 bits per heavy atom. The van der Waals surface area contributed by atoms with Crippen LogP contribution in [0.3, 0.4) is 0 Å². The van der Waals surface area contributed by atoms with Crippen molar-refractivity contribution in [1.82, 2.24) is 9.88 Å². The number of hydrogen-bond acceptors (Lipinski definition) is 4. The highest BCUT2D eigenvalue weighted by atomic mass is 16.3. The van der Waals surface area contributed by atoms with Crippen LogP contribution in [0.1, 0.15) is 64.2 Å². The van der Waals surface area contributed by atoms with Gasteiger partial charge >= 0.3 is 0 Å². The molecule has 0 saturated carbocycles. The fourth-order valence-corrected chi connectivity index (χ4v) is 5.54. The molecule has 3 heterocycles. The lowest BCUT2D eigenvalue weighted by molar-refractivity contribution is 0.332. The Bertz CT molecular complexity index is 1170. The highest BCUT2D eigenvalue weighted by molar-refractivity contribution is 6.12. The molecular formula is C25H31N3O. The first-order chi connectivity index (χ1) is 13.6. The van der Waals surface area contributed by atoms with Gasteiger partial charge in [0.25, 0.3) is 0 Å². The number of aromatic nitrogens is 1. The zero-order valence-corrected chi connectivity index (χ0v) is 18.6. The molecule has 0 fully saturated rings. The molecule has 5 rings (SSSR count). The average Bonchev–Trinajstić information content (AvgIpc) is 3.19. The second-order valence-corrected chi connectivity index (χ2v) is 10.2. The second kappa shape index (κ2) is 5.78. The first-order valence-corrected chi connectivity index (χ1v) is 10.7. The van der Waals surface area contributed by atoms with Crippen LogP contribution in [0.2, 0.25) is 0 Å². The summed E-state index contributed by atoms with van der Waals surface area (Å²) in [7, 11) is 2.12. The first-order valence-electron chi connectivity index (χ1n) is 10.7. The Morgan fingerprint density at radius 2 is 1.76 bits per heavy atom. The third-order valence-corrected chi connectivity index (χ3v) is 7.35. The molecule has 29 heavy (non-hydrogen) atoms. The number of anilines is 1. The molecule has 1 aliphatic carbocycles. The van der Waals surface area contributed by atoms with Crippen LogP contribution < -0.4 is 4.90 Å². The molecule has 1 atom stereocenters. The third kappa shape index (κ3) is 2.41. The summed E-state index contributed by atoms with van der Waals surface area (Å²) >= 11 is 0. The van der Waals surface area contributed by atoms with Crippen molar-refractivity contribution in [2.45, 2.75) is 71.4 Å². The lowest BCUT2D eigenvalue weighted by Gasteiger charge is -2.44. The van der Waals surface area contributed by atoms with E-state index in [1.54, 1.807) is 0 Å². The van der Waals surface area contributed by atoms with Crippen LogP contribution in [-0.2, 0) is 10.8 Å². The van der Waals surface area contributed by atoms with E-state index in [1.165, 1.54) is 40.6 Å². The average molecular weight is 390 g/mol. The summed E-state index contributed by atoms with van der Waals surface area (Å²) in [6, 6.07) is 4.19. The molecule has 0 radical (unpaired) electrons. The van der Waals surface area contributed by atoms with E-state index in [2.05, 4.69) is 81.8 Å². The number of furan rings is 1. The van der Waals surface area contributed by atoms with E-state index in [0.29, 0.717) is 0 Å². The van der Waals surface area contributed by atoms with E-state index in [4.69, 9.17) is 4.42 Å². The SMILES string of the molecule is Cc1c2c(c3c(oc4ncccc43)c1N1C=CN(C)[C@@H]1C)C(C)(C)CCC2(C)C. The van der Waals surface area contributed by atoms with Gasteiger partial charge in [0.15, 0.2) is 5.58 Å². The van der Waals surface area contributed by atoms with Crippen molar-refractivity contribution in [3.63, 3.8) is 0 Å². The van der Waals surface area contributed by atoms with E-state index < -0.39 is 0 Å². The van der Waals surface area contributed by atoms with Gasteiger partial charge in [-0.25, -0.2) is 4.98 Å². The quantitative estimate of drug-likeness (QED) is 0.495. The molecule has 2 aliphatic rings. The van der Waals surface area contributed by atoms with Gasteiger partial charge in [-0.1, -0.05) is 27.7 Å². The smallest absolute Gasteiger partial charge is 0.227 e. The van der Waals surface area contributed by atoms with Crippen molar-refractivity contribution < 1.29 is 4.42 Å². The monoisotopic (exact) mass is 389 g/mol. The summed E-state index contributed by atoms with van der Waals surface area (Å²) < 4.78 is 6.48. The van der Waals surface area contributed by atoms with Gasteiger partial charge in [-0.3, -0.25) is 0 Å². The van der Waals surface area contributed by atoms with Crippen LogP contribution in [0.15, 0.2) is 35.1 Å². The molecule has 4 nitrogen and oxygen atoms in total. The molecule has 0 spiro atoms. The summed E-state index contributed by atoms with van der Waals surface area (Å²) in [5, 5.41) is 2.39. The molecular weight excluding hydrogens is 358 g/mol. The Morgan fingerprint density at radius 1 is 1.07 bits per heavy atom. The minimum Gasteiger partial charge on any atom is -0.435 e. The van der Waals surface area contributed by atoms with Crippen LogP contribution in [0.5, 0.6) is 0 Å². The normalized spacial score (nSPS) is 22.7. The molecule has 0 amide bonds. The fourth-order valence-electron chi connectivity index (χ4n) is 5.54. The van der Waals surface area contributed by atoms with Crippen molar-refractivity contribution in [2.75, 3.05) is 11.9 Å². The zero-order valence-electron chi connectivity index (χ0n) is 18.6. The molecule has 1 aromatic carbocycles.